The van der Waals surface area contributed by atoms with E-state index in [2.05, 4.69) is 91.0 Å². The monoisotopic (exact) mass is 499 g/mol. The molecule has 4 rings (SSSR count). The minimum atomic E-state index is -1.72. The van der Waals surface area contributed by atoms with E-state index in [9.17, 15) is 0 Å². The molecule has 0 aliphatic rings. The number of nitrogen functional groups attached to an aromatic ring is 2. The molecular formula is C32H40N2OP+. The zero-order valence-corrected chi connectivity index (χ0v) is 22.5. The van der Waals surface area contributed by atoms with Crippen molar-refractivity contribution in [3.63, 3.8) is 0 Å². The number of anilines is 2. The first-order valence-electron chi connectivity index (χ1n) is 13.0. The molecule has 0 spiro atoms. The summed E-state index contributed by atoms with van der Waals surface area (Å²) in [6, 6.07) is 38.8. The van der Waals surface area contributed by atoms with Crippen LogP contribution in [0.4, 0.5) is 11.4 Å². The summed E-state index contributed by atoms with van der Waals surface area (Å²) in [5, 5.41) is 4.37. The minimum Gasteiger partial charge on any atom is -0.494 e. The van der Waals surface area contributed by atoms with Gasteiger partial charge in [-0.1, -0.05) is 68.4 Å². The summed E-state index contributed by atoms with van der Waals surface area (Å²) >= 11 is 0. The van der Waals surface area contributed by atoms with Gasteiger partial charge in [0.15, 0.2) is 0 Å². The van der Waals surface area contributed by atoms with Gasteiger partial charge in [-0.3, -0.25) is 0 Å². The van der Waals surface area contributed by atoms with E-state index in [1.807, 2.05) is 19.9 Å². The Morgan fingerprint density at radius 2 is 1.03 bits per heavy atom. The molecule has 0 saturated heterocycles. The molecule has 0 saturated carbocycles. The number of unbranched alkanes of at least 4 members (excludes halogenated alkanes) is 3. The summed E-state index contributed by atoms with van der Waals surface area (Å²) in [7, 11) is -1.72. The van der Waals surface area contributed by atoms with Crippen molar-refractivity contribution in [2.24, 2.45) is 0 Å². The second-order valence-electron chi connectivity index (χ2n) is 8.59. The van der Waals surface area contributed by atoms with Gasteiger partial charge in [-0.05, 0) is 74.2 Å². The highest BCUT2D eigenvalue weighted by molar-refractivity contribution is 7.95. The molecule has 0 aliphatic carbocycles. The summed E-state index contributed by atoms with van der Waals surface area (Å²) in [6.07, 6.45) is 5.70. The van der Waals surface area contributed by atoms with E-state index in [-0.39, 0.29) is 0 Å². The quantitative estimate of drug-likeness (QED) is 0.135. The van der Waals surface area contributed by atoms with Crippen LogP contribution < -0.4 is 32.1 Å². The molecule has 4 heteroatoms. The first-order chi connectivity index (χ1) is 17.7. The first kappa shape index (κ1) is 27.3. The normalized spacial score (nSPS) is 10.8. The first-order valence-corrected chi connectivity index (χ1v) is 15.0. The Hall–Kier alpha value is -3.29. The van der Waals surface area contributed by atoms with E-state index in [4.69, 9.17) is 16.2 Å². The van der Waals surface area contributed by atoms with Gasteiger partial charge in [-0.15, -0.1) is 0 Å². The number of rotatable bonds is 11. The molecule has 0 amide bonds. The van der Waals surface area contributed by atoms with E-state index in [0.717, 1.165) is 18.6 Å². The van der Waals surface area contributed by atoms with Gasteiger partial charge in [0.2, 0.25) is 0 Å². The van der Waals surface area contributed by atoms with Gasteiger partial charge in [0.05, 0.1) is 24.1 Å². The fourth-order valence-corrected chi connectivity index (χ4v) is 8.93. The van der Waals surface area contributed by atoms with Crippen molar-refractivity contribution in [3.05, 3.63) is 109 Å². The van der Waals surface area contributed by atoms with Crippen LogP contribution in [0.5, 0.6) is 5.75 Å². The Bertz CT molecular complexity index is 1050. The Balaban J connectivity index is 0.00000176. The van der Waals surface area contributed by atoms with Crippen LogP contribution in [0.1, 0.15) is 39.5 Å². The van der Waals surface area contributed by atoms with Crippen LogP contribution in [0, 0.1) is 0 Å². The standard InChI is InChI=1S/C30H34N2OP.C2H6/c31-29-21-20-25(24-30(29)32)33-22-12-1-2-13-23-34(26-14-6-3-7-15-26,27-16-8-4-9-17-27)28-18-10-5-11-19-28;1-2/h3-11,14-21,24H,1-2,12-13,22-23,31-32H2;1-2H3/q+1;. The average Bonchev–Trinajstić information content (AvgIpc) is 2.95. The van der Waals surface area contributed by atoms with Gasteiger partial charge in [-0.2, -0.15) is 0 Å². The lowest BCUT2D eigenvalue weighted by Crippen LogP contribution is -2.33. The van der Waals surface area contributed by atoms with Gasteiger partial charge in [-0.25, -0.2) is 0 Å². The van der Waals surface area contributed by atoms with Crippen molar-refractivity contribution >= 4 is 34.6 Å². The van der Waals surface area contributed by atoms with Crippen LogP contribution in [0.2, 0.25) is 0 Å². The van der Waals surface area contributed by atoms with Crippen LogP contribution in [-0.2, 0) is 0 Å². The van der Waals surface area contributed by atoms with Gasteiger partial charge in [0.25, 0.3) is 0 Å². The molecule has 188 valence electrons. The van der Waals surface area contributed by atoms with Crippen LogP contribution in [0.3, 0.4) is 0 Å². The number of hydrogen-bond donors (Lipinski definition) is 2. The van der Waals surface area contributed by atoms with Crippen molar-refractivity contribution in [2.75, 3.05) is 24.2 Å². The van der Waals surface area contributed by atoms with Crippen LogP contribution in [0.15, 0.2) is 109 Å². The largest absolute Gasteiger partial charge is 0.494 e. The van der Waals surface area contributed by atoms with Crippen molar-refractivity contribution in [1.82, 2.24) is 0 Å². The lowest BCUT2D eigenvalue weighted by Gasteiger charge is -2.27. The molecule has 0 fully saturated rings. The molecule has 4 aromatic rings. The van der Waals surface area contributed by atoms with Crippen molar-refractivity contribution in [1.29, 1.82) is 0 Å². The zero-order chi connectivity index (χ0) is 25.6. The molecule has 4 aromatic carbocycles. The number of ether oxygens (including phenoxy) is 1. The minimum absolute atomic E-state index is 0.570. The summed E-state index contributed by atoms with van der Waals surface area (Å²) < 4.78 is 5.87. The van der Waals surface area contributed by atoms with E-state index >= 15 is 0 Å². The molecule has 36 heavy (non-hydrogen) atoms. The highest BCUT2D eigenvalue weighted by atomic mass is 31.2. The highest BCUT2D eigenvalue weighted by Gasteiger charge is 2.44. The molecule has 0 unspecified atom stereocenters. The van der Waals surface area contributed by atoms with Gasteiger partial charge < -0.3 is 16.2 Å². The Kier molecular flexibility index (Phi) is 10.9. The summed E-state index contributed by atoms with van der Waals surface area (Å²) in [4.78, 5) is 0. The Morgan fingerprint density at radius 1 is 0.556 bits per heavy atom. The van der Waals surface area contributed by atoms with Crippen LogP contribution in [0.25, 0.3) is 0 Å². The van der Waals surface area contributed by atoms with Crippen LogP contribution >= 0.6 is 7.26 Å². The van der Waals surface area contributed by atoms with Gasteiger partial charge in [0, 0.05) is 6.07 Å². The number of benzene rings is 4. The van der Waals surface area contributed by atoms with Crippen molar-refractivity contribution in [2.45, 2.75) is 39.5 Å². The molecule has 4 N–H and O–H groups in total. The molecule has 0 atom stereocenters. The third kappa shape index (κ3) is 6.89. The molecule has 3 nitrogen and oxygen atoms in total. The SMILES string of the molecule is CC.Nc1ccc(OCCCCCC[P+](c2ccccc2)(c2ccccc2)c2ccccc2)cc1N. The smallest absolute Gasteiger partial charge is 0.121 e. The summed E-state index contributed by atoms with van der Waals surface area (Å²) in [6.45, 7) is 4.69. The van der Waals surface area contributed by atoms with E-state index in [1.54, 1.807) is 12.1 Å². The zero-order valence-electron chi connectivity index (χ0n) is 21.6. The van der Waals surface area contributed by atoms with Gasteiger partial charge in [0.1, 0.15) is 28.9 Å². The second kappa shape index (κ2) is 14.3. The molecular weight excluding hydrogens is 459 g/mol. The number of hydrogen-bond acceptors (Lipinski definition) is 3. The highest BCUT2D eigenvalue weighted by Crippen LogP contribution is 2.55. The lowest BCUT2D eigenvalue weighted by molar-refractivity contribution is 0.305. The van der Waals surface area contributed by atoms with E-state index < -0.39 is 7.26 Å². The fourth-order valence-electron chi connectivity index (χ4n) is 4.52. The molecule has 0 heterocycles. The molecule has 0 aromatic heterocycles. The lowest BCUT2D eigenvalue weighted by atomic mass is 10.2. The number of nitrogens with two attached hydrogens (primary N) is 2. The van der Waals surface area contributed by atoms with Crippen molar-refractivity contribution < 1.29 is 4.74 Å². The van der Waals surface area contributed by atoms with Crippen LogP contribution in [-0.4, -0.2) is 12.8 Å². The summed E-state index contributed by atoms with van der Waals surface area (Å²) in [5.74, 6) is 0.786. The molecule has 0 bridgehead atoms. The predicted molar refractivity (Wildman–Crippen MR) is 161 cm³/mol. The topological polar surface area (TPSA) is 61.3 Å². The van der Waals surface area contributed by atoms with Gasteiger partial charge >= 0.3 is 0 Å². The maximum absolute atomic E-state index is 5.87. The third-order valence-corrected chi connectivity index (χ3v) is 10.8. The third-order valence-electron chi connectivity index (χ3n) is 6.31. The summed E-state index contributed by atoms with van der Waals surface area (Å²) in [5.41, 5.74) is 12.8. The maximum atomic E-state index is 5.87. The van der Waals surface area contributed by atoms with E-state index in [1.165, 1.54) is 34.9 Å². The maximum Gasteiger partial charge on any atom is 0.121 e. The van der Waals surface area contributed by atoms with E-state index in [0.29, 0.717) is 18.0 Å². The molecule has 0 radical (unpaired) electrons. The second-order valence-corrected chi connectivity index (χ2v) is 12.2. The fraction of sp³-hybridized carbons (Fsp3) is 0.250. The Morgan fingerprint density at radius 3 is 1.50 bits per heavy atom. The van der Waals surface area contributed by atoms with Crippen molar-refractivity contribution in [3.8, 4) is 5.75 Å². The average molecular weight is 500 g/mol. The predicted octanol–water partition coefficient (Wildman–Crippen LogP) is 6.81. The molecule has 0 aliphatic heterocycles. The Labute approximate surface area is 217 Å².